The first-order valence-corrected chi connectivity index (χ1v) is 11.3. The zero-order chi connectivity index (χ0) is 23.6. The second-order valence-electron chi connectivity index (χ2n) is 9.12. The number of thiocarbonyl (C=S) groups is 1. The van der Waals surface area contributed by atoms with E-state index in [9.17, 15) is 9.50 Å². The first-order valence-electron chi connectivity index (χ1n) is 10.9. The SMILES string of the molecule is CC(C)(C)c1ccccc1Cn1c(O)c(N=NC(=S)NC2=CC=CCC2)c2cc(F)ccc21. The minimum Gasteiger partial charge on any atom is -0.493 e. The van der Waals surface area contributed by atoms with Gasteiger partial charge in [0.1, 0.15) is 5.82 Å². The zero-order valence-electron chi connectivity index (χ0n) is 19.0. The molecule has 3 aromatic rings. The summed E-state index contributed by atoms with van der Waals surface area (Å²) in [5.41, 5.74) is 4.00. The molecule has 170 valence electrons. The van der Waals surface area contributed by atoms with Gasteiger partial charge < -0.3 is 15.0 Å². The first-order chi connectivity index (χ1) is 15.7. The largest absolute Gasteiger partial charge is 0.493 e. The van der Waals surface area contributed by atoms with E-state index >= 15 is 0 Å². The number of hydrogen-bond acceptors (Lipinski definition) is 3. The summed E-state index contributed by atoms with van der Waals surface area (Å²) < 4.78 is 15.8. The third-order valence-corrected chi connectivity index (χ3v) is 5.83. The summed E-state index contributed by atoms with van der Waals surface area (Å²) in [6.07, 6.45) is 7.76. The number of rotatable bonds is 4. The van der Waals surface area contributed by atoms with E-state index in [0.717, 1.165) is 24.1 Å². The number of allylic oxidation sites excluding steroid dienone is 4. The molecule has 5 nitrogen and oxygen atoms in total. The van der Waals surface area contributed by atoms with Crippen molar-refractivity contribution in [3.63, 3.8) is 0 Å². The van der Waals surface area contributed by atoms with Crippen molar-refractivity contribution in [3.05, 3.63) is 83.3 Å². The van der Waals surface area contributed by atoms with Crippen LogP contribution in [0.5, 0.6) is 5.88 Å². The standard InChI is InChI=1S/C26H27FN4OS/c1-26(2,3)21-12-8-7-9-17(21)16-31-22-14-13-18(27)15-20(22)23(24(31)32)29-30-25(33)28-19-10-5-4-6-11-19/h4-5,7-10,12-15,32H,6,11,16H2,1-3H3,(H,28,33). The van der Waals surface area contributed by atoms with Gasteiger partial charge in [-0.3, -0.25) is 0 Å². The Kier molecular flexibility index (Phi) is 6.42. The van der Waals surface area contributed by atoms with Crippen LogP contribution >= 0.6 is 12.2 Å². The smallest absolute Gasteiger partial charge is 0.221 e. The van der Waals surface area contributed by atoms with Crippen molar-refractivity contribution in [2.75, 3.05) is 0 Å². The Balaban J connectivity index is 1.72. The molecule has 7 heteroatoms. The van der Waals surface area contributed by atoms with E-state index in [0.29, 0.717) is 17.4 Å². The van der Waals surface area contributed by atoms with Crippen molar-refractivity contribution < 1.29 is 9.50 Å². The third-order valence-electron chi connectivity index (χ3n) is 5.65. The summed E-state index contributed by atoms with van der Waals surface area (Å²) in [6, 6.07) is 12.5. The summed E-state index contributed by atoms with van der Waals surface area (Å²) in [4.78, 5) is 0. The number of aromatic hydroxyl groups is 1. The number of nitrogens with one attached hydrogen (secondary N) is 1. The van der Waals surface area contributed by atoms with Gasteiger partial charge in [-0.2, -0.15) is 0 Å². The molecule has 0 saturated carbocycles. The lowest BCUT2D eigenvalue weighted by molar-refractivity contribution is 0.428. The number of aromatic nitrogens is 1. The van der Waals surface area contributed by atoms with Gasteiger partial charge >= 0.3 is 0 Å². The molecule has 0 radical (unpaired) electrons. The van der Waals surface area contributed by atoms with Crippen LogP contribution in [-0.2, 0) is 12.0 Å². The first kappa shape index (κ1) is 22.9. The normalized spacial score (nSPS) is 14.1. The monoisotopic (exact) mass is 462 g/mol. The third kappa shape index (κ3) is 5.03. The van der Waals surface area contributed by atoms with Crippen molar-refractivity contribution in [2.45, 2.75) is 45.6 Å². The van der Waals surface area contributed by atoms with Crippen LogP contribution in [0, 0.1) is 5.82 Å². The molecule has 0 saturated heterocycles. The summed E-state index contributed by atoms with van der Waals surface area (Å²) in [5.74, 6) is -0.489. The minimum atomic E-state index is -0.411. The van der Waals surface area contributed by atoms with Crippen molar-refractivity contribution in [2.24, 2.45) is 10.2 Å². The van der Waals surface area contributed by atoms with Crippen LogP contribution < -0.4 is 5.32 Å². The Hall–Kier alpha value is -3.32. The topological polar surface area (TPSA) is 61.9 Å². The number of halogens is 1. The predicted molar refractivity (Wildman–Crippen MR) is 135 cm³/mol. The Labute approximate surface area is 198 Å². The summed E-state index contributed by atoms with van der Waals surface area (Å²) in [7, 11) is 0. The van der Waals surface area contributed by atoms with Crippen molar-refractivity contribution in [1.29, 1.82) is 0 Å². The molecule has 0 amide bonds. The molecule has 2 aromatic carbocycles. The molecule has 0 aliphatic heterocycles. The van der Waals surface area contributed by atoms with Gasteiger partial charge in [0.25, 0.3) is 0 Å². The van der Waals surface area contributed by atoms with Crippen LogP contribution in [0.3, 0.4) is 0 Å². The maximum absolute atomic E-state index is 14.1. The molecule has 0 spiro atoms. The Bertz CT molecular complexity index is 1300. The van der Waals surface area contributed by atoms with Crippen LogP contribution in [-0.4, -0.2) is 14.8 Å². The van der Waals surface area contributed by atoms with Crippen molar-refractivity contribution in [1.82, 2.24) is 9.88 Å². The second-order valence-corrected chi connectivity index (χ2v) is 9.50. The van der Waals surface area contributed by atoms with E-state index in [1.807, 2.05) is 30.4 Å². The molecule has 33 heavy (non-hydrogen) atoms. The van der Waals surface area contributed by atoms with Crippen LogP contribution in [0.1, 0.15) is 44.7 Å². The van der Waals surface area contributed by atoms with Crippen LogP contribution in [0.4, 0.5) is 10.1 Å². The van der Waals surface area contributed by atoms with E-state index in [2.05, 4.69) is 48.5 Å². The lowest BCUT2D eigenvalue weighted by Gasteiger charge is -2.23. The highest BCUT2D eigenvalue weighted by Crippen LogP contribution is 2.40. The second kappa shape index (κ2) is 9.27. The molecule has 1 aliphatic carbocycles. The lowest BCUT2D eigenvalue weighted by atomic mass is 9.84. The molecule has 2 N–H and O–H groups in total. The molecular formula is C26H27FN4OS. The average molecular weight is 463 g/mol. The zero-order valence-corrected chi connectivity index (χ0v) is 19.8. The molecule has 1 aliphatic rings. The molecule has 0 atom stereocenters. The van der Waals surface area contributed by atoms with E-state index in [-0.39, 0.29) is 22.1 Å². The van der Waals surface area contributed by atoms with Gasteiger partial charge in [0.15, 0.2) is 5.69 Å². The average Bonchev–Trinajstić information content (AvgIpc) is 3.03. The minimum absolute atomic E-state index is 0.0648. The number of nitrogens with zero attached hydrogens (tertiary/aromatic N) is 3. The number of benzene rings is 2. The summed E-state index contributed by atoms with van der Waals surface area (Å²) in [6.45, 7) is 6.87. The highest BCUT2D eigenvalue weighted by Gasteiger charge is 2.22. The summed E-state index contributed by atoms with van der Waals surface area (Å²) >= 11 is 5.30. The van der Waals surface area contributed by atoms with Crippen LogP contribution in [0.2, 0.25) is 0 Å². The quantitative estimate of drug-likeness (QED) is 0.323. The van der Waals surface area contributed by atoms with Crippen LogP contribution in [0.25, 0.3) is 10.9 Å². The fraction of sp³-hybridized carbons (Fsp3) is 0.269. The van der Waals surface area contributed by atoms with E-state index in [1.54, 1.807) is 10.6 Å². The Morgan fingerprint density at radius 1 is 1.21 bits per heavy atom. The van der Waals surface area contributed by atoms with Crippen molar-refractivity contribution in [3.8, 4) is 5.88 Å². The van der Waals surface area contributed by atoms with Gasteiger partial charge in [-0.1, -0.05) is 57.2 Å². The predicted octanol–water partition coefficient (Wildman–Crippen LogP) is 7.02. The molecule has 4 rings (SSSR count). The number of azo groups is 1. The highest BCUT2D eigenvalue weighted by atomic mass is 32.1. The molecule has 1 aromatic heterocycles. The van der Waals surface area contributed by atoms with Gasteiger partial charge in [-0.05, 0) is 65.9 Å². The molecule has 1 heterocycles. The lowest BCUT2D eigenvalue weighted by Crippen LogP contribution is -2.18. The fourth-order valence-corrected chi connectivity index (χ4v) is 4.25. The highest BCUT2D eigenvalue weighted by molar-refractivity contribution is 7.80. The van der Waals surface area contributed by atoms with Gasteiger partial charge in [-0.15, -0.1) is 10.2 Å². The molecule has 0 unspecified atom stereocenters. The van der Waals surface area contributed by atoms with Gasteiger partial charge in [0.2, 0.25) is 11.0 Å². The molecule has 0 fully saturated rings. The van der Waals surface area contributed by atoms with Gasteiger partial charge in [0, 0.05) is 11.1 Å². The van der Waals surface area contributed by atoms with E-state index in [4.69, 9.17) is 12.2 Å². The van der Waals surface area contributed by atoms with E-state index in [1.165, 1.54) is 17.7 Å². The Morgan fingerprint density at radius 3 is 2.73 bits per heavy atom. The van der Waals surface area contributed by atoms with Gasteiger partial charge in [-0.25, -0.2) is 4.39 Å². The van der Waals surface area contributed by atoms with Crippen molar-refractivity contribution >= 4 is 33.9 Å². The number of hydrogen-bond donors (Lipinski definition) is 2. The van der Waals surface area contributed by atoms with Crippen LogP contribution in [0.15, 0.2) is 76.6 Å². The molecule has 0 bridgehead atoms. The van der Waals surface area contributed by atoms with Gasteiger partial charge in [0.05, 0.1) is 12.1 Å². The fourth-order valence-electron chi connectivity index (χ4n) is 4.08. The summed E-state index contributed by atoms with van der Waals surface area (Å²) in [5, 5.41) is 23.1. The van der Waals surface area contributed by atoms with E-state index < -0.39 is 5.82 Å². The maximum atomic E-state index is 14.1. The maximum Gasteiger partial charge on any atom is 0.221 e. The Morgan fingerprint density at radius 2 is 2.00 bits per heavy atom. The number of fused-ring (bicyclic) bond motifs is 1. The molecular weight excluding hydrogens is 435 g/mol.